The van der Waals surface area contributed by atoms with Crippen LogP contribution < -0.4 is 5.32 Å². The molecule has 1 radical (unpaired) electrons. The van der Waals surface area contributed by atoms with Crippen LogP contribution in [0.3, 0.4) is 0 Å². The molecule has 0 saturated carbocycles. The van der Waals surface area contributed by atoms with Gasteiger partial charge in [-0.05, 0) is 35.2 Å². The number of benzene rings is 3. The minimum atomic E-state index is -2.17. The Balaban J connectivity index is 0.00000134. The summed E-state index contributed by atoms with van der Waals surface area (Å²) in [6, 6.07) is 28.7. The summed E-state index contributed by atoms with van der Waals surface area (Å²) in [4.78, 5) is 32.1. The molecule has 3 N–H and O–H groups in total. The van der Waals surface area contributed by atoms with Gasteiger partial charge in [-0.1, -0.05) is 104 Å². The van der Waals surface area contributed by atoms with E-state index < -0.39 is 36.3 Å². The second kappa shape index (κ2) is 26.5. The molecule has 0 fully saturated rings. The van der Waals surface area contributed by atoms with Gasteiger partial charge in [-0.15, -0.1) is 27.7 Å². The number of alkyl halides is 3. The molecule has 0 saturated heterocycles. The molecular formula is C37H47F3N4O5Y. The van der Waals surface area contributed by atoms with E-state index in [0.717, 1.165) is 29.2 Å². The third-order valence-electron chi connectivity index (χ3n) is 6.59. The normalized spacial score (nSPS) is 13.2. The largest absolute Gasteiger partial charge is 0.670 e. The average Bonchev–Trinajstić information content (AvgIpc) is 3.14. The van der Waals surface area contributed by atoms with Gasteiger partial charge in [-0.3, -0.25) is 9.78 Å². The van der Waals surface area contributed by atoms with Gasteiger partial charge in [-0.25, -0.2) is 13.2 Å². The molecule has 4 aromatic rings. The second-order valence-corrected chi connectivity index (χ2v) is 10.3. The van der Waals surface area contributed by atoms with Crippen LogP contribution in [0.4, 0.5) is 13.2 Å². The quantitative estimate of drug-likeness (QED) is 0.0577. The number of nitrogens with one attached hydrogen (secondary N) is 2. The molecule has 0 aliphatic carbocycles. The van der Waals surface area contributed by atoms with Crippen molar-refractivity contribution in [3.05, 3.63) is 145 Å². The van der Waals surface area contributed by atoms with E-state index in [1.807, 2.05) is 84.9 Å². The molecule has 1 heterocycles. The van der Waals surface area contributed by atoms with Gasteiger partial charge in [0, 0.05) is 50.2 Å². The van der Waals surface area contributed by atoms with Gasteiger partial charge in [0.25, 0.3) is 0 Å². The molecule has 269 valence electrons. The van der Waals surface area contributed by atoms with Crippen LogP contribution in [0.1, 0.15) is 48.4 Å². The molecule has 3 aromatic carbocycles. The zero-order valence-electron chi connectivity index (χ0n) is 28.9. The topological polar surface area (TPSA) is 114 Å². The van der Waals surface area contributed by atoms with Crippen molar-refractivity contribution < 1.29 is 75.3 Å². The number of nitrogens with zero attached hydrogens (tertiary/aromatic N) is 2. The fraction of sp³-hybridized carbons (Fsp3) is 0.297. The number of carbonyl (C=O) groups is 1. The standard InChI is InChI=1S/C26H31FN4O4.C7H8O.C2H4F2.C2H4.Y/c1-19(28)24-14-13-23(16-29-24)21-9-11-22(12-10-21)26(25(15-27)30-18-32)35-31(2,33-3)34-17-20-7-5-4-6-8-20;8-6-7-4-2-1-3-5-7;1-2(3)4;1-2;/h4-14,16,18-19,25-26,28H,15,17H2,1-3H3,(H,30,32);1-5,8H,6H2;2H,1H3;1-2H2;. The Labute approximate surface area is 318 Å². The molecule has 9 nitrogen and oxygen atoms in total. The molecule has 1 aromatic heterocycles. The van der Waals surface area contributed by atoms with E-state index in [2.05, 4.69) is 23.5 Å². The number of aliphatic hydroxyl groups excluding tert-OH is 1. The molecule has 1 amide bonds. The Bertz CT molecular complexity index is 1420. The predicted molar refractivity (Wildman–Crippen MR) is 185 cm³/mol. The number of pyridine rings is 1. The molecule has 0 aliphatic heterocycles. The summed E-state index contributed by atoms with van der Waals surface area (Å²) >= 11 is 0. The molecule has 13 heteroatoms. The van der Waals surface area contributed by atoms with E-state index in [1.54, 1.807) is 32.3 Å². The smallest absolute Gasteiger partial charge is 0.235 e. The third-order valence-corrected chi connectivity index (χ3v) is 6.59. The summed E-state index contributed by atoms with van der Waals surface area (Å²) in [6.07, 6.45) is -0.917. The maximum atomic E-state index is 13.9. The van der Waals surface area contributed by atoms with Crippen molar-refractivity contribution in [3.63, 3.8) is 0 Å². The Kier molecular flexibility index (Phi) is 24.7. The third kappa shape index (κ3) is 17.6. The van der Waals surface area contributed by atoms with Gasteiger partial charge in [0.2, 0.25) is 12.8 Å². The van der Waals surface area contributed by atoms with E-state index in [0.29, 0.717) is 17.7 Å². The number of amides is 1. The first kappa shape index (κ1) is 46.7. The monoisotopic (exact) mass is 773 g/mol. The van der Waals surface area contributed by atoms with Gasteiger partial charge in [-0.2, -0.15) is 0 Å². The molecule has 0 aliphatic rings. The van der Waals surface area contributed by atoms with Crippen molar-refractivity contribution in [1.29, 1.82) is 0 Å². The van der Waals surface area contributed by atoms with Crippen molar-refractivity contribution >= 4 is 6.41 Å². The van der Waals surface area contributed by atoms with Crippen LogP contribution in [0.2, 0.25) is 0 Å². The number of aliphatic hydroxyl groups is 1. The van der Waals surface area contributed by atoms with Gasteiger partial charge in [0.15, 0.2) is 13.2 Å². The summed E-state index contributed by atoms with van der Waals surface area (Å²) in [5, 5.41) is 11.0. The van der Waals surface area contributed by atoms with Gasteiger partial charge in [0.1, 0.15) is 20.4 Å². The maximum Gasteiger partial charge on any atom is 0.235 e. The second-order valence-electron chi connectivity index (χ2n) is 10.3. The first-order chi connectivity index (χ1) is 23.5. The number of hydroxylamine groups is 3. The minimum absolute atomic E-state index is 0. The van der Waals surface area contributed by atoms with Crippen molar-refractivity contribution in [2.45, 2.75) is 51.7 Å². The zero-order valence-corrected chi connectivity index (χ0v) is 31.8. The molecular weight excluding hydrogens is 726 g/mol. The number of hydrogen-bond donors (Lipinski definition) is 2. The number of aromatic nitrogens is 1. The van der Waals surface area contributed by atoms with Crippen LogP contribution in [-0.4, -0.2) is 54.8 Å². The van der Waals surface area contributed by atoms with Gasteiger partial charge < -0.3 is 16.2 Å². The Hall–Kier alpha value is -3.33. The van der Waals surface area contributed by atoms with E-state index in [4.69, 9.17) is 25.4 Å². The van der Waals surface area contributed by atoms with E-state index in [-0.39, 0.29) is 45.9 Å². The summed E-state index contributed by atoms with van der Waals surface area (Å²) in [5.41, 5.74) is 12.7. The van der Waals surface area contributed by atoms with Crippen LogP contribution in [-0.2, 0) is 65.2 Å². The Morgan fingerprint density at radius 3 is 1.84 bits per heavy atom. The molecule has 4 rings (SSSR count). The molecule has 0 bridgehead atoms. The molecule has 4 unspecified atom stereocenters. The van der Waals surface area contributed by atoms with Crippen LogP contribution in [0, 0.1) is 0 Å². The number of hydrogen-bond acceptors (Lipinski definition) is 6. The fourth-order valence-electron chi connectivity index (χ4n) is 4.05. The van der Waals surface area contributed by atoms with Crippen molar-refractivity contribution in [1.82, 2.24) is 10.3 Å². The zero-order chi connectivity index (χ0) is 36.7. The van der Waals surface area contributed by atoms with Crippen LogP contribution in [0.15, 0.2) is 116 Å². The Morgan fingerprint density at radius 1 is 0.920 bits per heavy atom. The number of halogens is 3. The van der Waals surface area contributed by atoms with E-state index >= 15 is 0 Å². The van der Waals surface area contributed by atoms with Crippen LogP contribution >= 0.6 is 0 Å². The number of carbonyl (C=O) groups excluding carboxylic acids is 1. The first-order valence-electron chi connectivity index (χ1n) is 15.3. The number of rotatable bonds is 14. The van der Waals surface area contributed by atoms with Crippen LogP contribution in [0.5, 0.6) is 0 Å². The summed E-state index contributed by atoms with van der Waals surface area (Å²) in [5.74, 6) is 0. The van der Waals surface area contributed by atoms with Crippen molar-refractivity contribution in [2.24, 2.45) is 0 Å². The summed E-state index contributed by atoms with van der Waals surface area (Å²) in [7, 11) is 2.96. The first-order valence-corrected chi connectivity index (χ1v) is 15.3. The summed E-state index contributed by atoms with van der Waals surface area (Å²) < 4.78 is 34.6. The molecule has 4 atom stereocenters. The Morgan fingerprint density at radius 2 is 1.44 bits per heavy atom. The molecule has 0 spiro atoms. The fourth-order valence-corrected chi connectivity index (χ4v) is 4.05. The SMILES string of the molecule is C=C.CC(F)F.CO[N+](C)(OCc1ccccc1)OC(c1ccc(-c2ccc(C(C)[NH-])nc2)cc1)C(CF)NC=O.OCc1ccccc1.[Y]. The predicted octanol–water partition coefficient (Wildman–Crippen LogP) is 8.31. The van der Waals surface area contributed by atoms with Crippen molar-refractivity contribution in [2.75, 3.05) is 20.8 Å². The van der Waals surface area contributed by atoms with Gasteiger partial charge in [0.05, 0.1) is 17.6 Å². The molecule has 50 heavy (non-hydrogen) atoms. The van der Waals surface area contributed by atoms with Crippen LogP contribution in [0.25, 0.3) is 16.9 Å². The van der Waals surface area contributed by atoms with Gasteiger partial charge >= 0.3 is 0 Å². The summed E-state index contributed by atoms with van der Waals surface area (Å²) in [6.45, 7) is 8.07. The minimum Gasteiger partial charge on any atom is -0.670 e. The maximum absolute atomic E-state index is 13.9. The average molecular weight is 774 g/mol. The van der Waals surface area contributed by atoms with Crippen molar-refractivity contribution in [3.8, 4) is 11.1 Å². The van der Waals surface area contributed by atoms with E-state index in [9.17, 15) is 18.0 Å². The van der Waals surface area contributed by atoms with E-state index in [1.165, 1.54) is 7.11 Å². The number of quaternary nitrogens is 1.